The highest BCUT2D eigenvalue weighted by atomic mass is 16.6. The van der Waals surface area contributed by atoms with Crippen LogP contribution in [0.25, 0.3) is 0 Å². The van der Waals surface area contributed by atoms with Crippen molar-refractivity contribution in [1.29, 1.82) is 0 Å². The second-order valence-corrected chi connectivity index (χ2v) is 12.0. The van der Waals surface area contributed by atoms with Gasteiger partial charge in [0, 0.05) is 44.0 Å². The van der Waals surface area contributed by atoms with Crippen LogP contribution in [-0.2, 0) is 9.47 Å². The number of carbonyl (C=O) groups is 2. The molecule has 1 aromatic rings. The fraction of sp³-hybridized carbons (Fsp3) is 0.655. The maximum Gasteiger partial charge on any atom is 0.407 e. The number of para-hydroxylation sites is 1. The van der Waals surface area contributed by atoms with Gasteiger partial charge in [0.15, 0.2) is 0 Å². The van der Waals surface area contributed by atoms with Crippen LogP contribution in [0.1, 0.15) is 53.9 Å². The van der Waals surface area contributed by atoms with Crippen LogP contribution >= 0.6 is 0 Å². The first-order chi connectivity index (χ1) is 17.5. The molecule has 1 aliphatic heterocycles. The number of alkyl carbamates (subject to hydrolysis) is 1. The summed E-state index contributed by atoms with van der Waals surface area (Å²) in [5.41, 5.74) is 2.04. The summed E-state index contributed by atoms with van der Waals surface area (Å²) >= 11 is 0. The van der Waals surface area contributed by atoms with Crippen molar-refractivity contribution in [3.05, 3.63) is 42.5 Å². The number of piperazine rings is 1. The number of rotatable bonds is 9. The van der Waals surface area contributed by atoms with Gasteiger partial charge in [0.1, 0.15) is 6.61 Å². The van der Waals surface area contributed by atoms with Crippen molar-refractivity contribution < 1.29 is 19.1 Å². The third-order valence-corrected chi connectivity index (χ3v) is 7.25. The highest BCUT2D eigenvalue weighted by Crippen LogP contribution is 2.45. The lowest BCUT2D eigenvalue weighted by Gasteiger charge is -2.47. The SMILES string of the molecule is C=C(C)COCCOC(=O)NC1CC(C)(C)CC(C)(CNC(=O)N2CCN(c3ccccc3)CC2C)C1. The van der Waals surface area contributed by atoms with E-state index in [0.717, 1.165) is 37.9 Å². The van der Waals surface area contributed by atoms with E-state index in [4.69, 9.17) is 9.47 Å². The number of hydrogen-bond donors (Lipinski definition) is 2. The molecule has 1 aliphatic carbocycles. The Morgan fingerprint density at radius 2 is 1.84 bits per heavy atom. The fourth-order valence-corrected chi connectivity index (χ4v) is 6.04. The summed E-state index contributed by atoms with van der Waals surface area (Å²) in [5, 5.41) is 6.26. The average molecular weight is 515 g/mol. The number of nitrogens with zero attached hydrogens (tertiary/aromatic N) is 2. The maximum atomic E-state index is 13.2. The van der Waals surface area contributed by atoms with Gasteiger partial charge in [-0.2, -0.15) is 0 Å². The van der Waals surface area contributed by atoms with Gasteiger partial charge in [0.05, 0.1) is 13.2 Å². The first-order valence-corrected chi connectivity index (χ1v) is 13.5. The molecule has 1 heterocycles. The number of benzene rings is 1. The summed E-state index contributed by atoms with van der Waals surface area (Å²) < 4.78 is 10.7. The molecule has 8 nitrogen and oxygen atoms in total. The quantitative estimate of drug-likeness (QED) is 0.365. The van der Waals surface area contributed by atoms with Gasteiger partial charge in [0.25, 0.3) is 0 Å². The topological polar surface area (TPSA) is 83.1 Å². The Balaban J connectivity index is 1.47. The molecule has 0 aromatic heterocycles. The number of urea groups is 1. The van der Waals surface area contributed by atoms with E-state index in [1.165, 1.54) is 5.69 Å². The molecule has 2 N–H and O–H groups in total. The monoisotopic (exact) mass is 514 g/mol. The van der Waals surface area contributed by atoms with Crippen LogP contribution in [0, 0.1) is 10.8 Å². The summed E-state index contributed by atoms with van der Waals surface area (Å²) in [6.45, 7) is 18.4. The smallest absolute Gasteiger partial charge is 0.407 e. The van der Waals surface area contributed by atoms with Gasteiger partial charge in [-0.3, -0.25) is 0 Å². The zero-order valence-corrected chi connectivity index (χ0v) is 23.3. The van der Waals surface area contributed by atoms with Crippen LogP contribution < -0.4 is 15.5 Å². The number of hydrogen-bond acceptors (Lipinski definition) is 5. The first-order valence-electron chi connectivity index (χ1n) is 13.5. The van der Waals surface area contributed by atoms with Gasteiger partial charge < -0.3 is 29.9 Å². The molecule has 1 aromatic carbocycles. The lowest BCUT2D eigenvalue weighted by molar-refractivity contribution is 0.0559. The molecule has 0 radical (unpaired) electrons. The van der Waals surface area contributed by atoms with Crippen LogP contribution in [0.3, 0.4) is 0 Å². The lowest BCUT2D eigenvalue weighted by Crippen LogP contribution is -2.58. The lowest BCUT2D eigenvalue weighted by atomic mass is 9.62. The van der Waals surface area contributed by atoms with Crippen molar-refractivity contribution in [1.82, 2.24) is 15.5 Å². The van der Waals surface area contributed by atoms with E-state index in [2.05, 4.69) is 61.9 Å². The van der Waals surface area contributed by atoms with Crippen molar-refractivity contribution in [2.24, 2.45) is 10.8 Å². The zero-order valence-electron chi connectivity index (χ0n) is 23.3. The Morgan fingerprint density at radius 3 is 2.51 bits per heavy atom. The highest BCUT2D eigenvalue weighted by Gasteiger charge is 2.42. The average Bonchev–Trinajstić information content (AvgIpc) is 2.81. The van der Waals surface area contributed by atoms with E-state index >= 15 is 0 Å². The second-order valence-electron chi connectivity index (χ2n) is 12.0. The van der Waals surface area contributed by atoms with Crippen LogP contribution in [0.15, 0.2) is 42.5 Å². The standard InChI is InChI=1S/C29H46N4O4/c1-22(2)19-36-14-15-37-27(35)31-24-16-28(4,5)20-29(6,17-24)21-30-26(34)33-13-12-32(18-23(33)3)25-10-8-7-9-11-25/h7-11,23-24H,1,12-21H2,2-6H3,(H,30,34)(H,31,35). The summed E-state index contributed by atoms with van der Waals surface area (Å²) in [7, 11) is 0. The number of anilines is 1. The Morgan fingerprint density at radius 1 is 1.11 bits per heavy atom. The molecule has 2 aliphatic rings. The first kappa shape index (κ1) is 28.8. The summed E-state index contributed by atoms with van der Waals surface area (Å²) in [6, 6.07) is 10.4. The number of amides is 3. The third kappa shape index (κ3) is 8.95. The summed E-state index contributed by atoms with van der Waals surface area (Å²) in [4.78, 5) is 29.8. The van der Waals surface area contributed by atoms with Crippen LogP contribution in [0.5, 0.6) is 0 Å². The molecule has 1 saturated heterocycles. The van der Waals surface area contributed by atoms with E-state index in [9.17, 15) is 9.59 Å². The molecular formula is C29H46N4O4. The molecule has 3 atom stereocenters. The molecular weight excluding hydrogens is 468 g/mol. The molecule has 37 heavy (non-hydrogen) atoms. The molecule has 0 bridgehead atoms. The molecule has 8 heteroatoms. The van der Waals surface area contributed by atoms with Crippen molar-refractivity contribution in [3.8, 4) is 0 Å². The van der Waals surface area contributed by atoms with Crippen molar-refractivity contribution in [2.45, 2.75) is 66.0 Å². The Hall–Kier alpha value is -2.74. The van der Waals surface area contributed by atoms with Crippen LogP contribution in [0.2, 0.25) is 0 Å². The van der Waals surface area contributed by atoms with Crippen molar-refractivity contribution >= 4 is 17.8 Å². The number of carbonyl (C=O) groups excluding carboxylic acids is 2. The minimum Gasteiger partial charge on any atom is -0.447 e. The van der Waals surface area contributed by atoms with Gasteiger partial charge in [-0.05, 0) is 56.1 Å². The highest BCUT2D eigenvalue weighted by molar-refractivity contribution is 5.75. The predicted molar refractivity (Wildman–Crippen MR) is 148 cm³/mol. The Labute approximate surface area is 222 Å². The van der Waals surface area contributed by atoms with Crippen molar-refractivity contribution in [3.63, 3.8) is 0 Å². The summed E-state index contributed by atoms with van der Waals surface area (Å²) in [6.07, 6.45) is 2.21. The largest absolute Gasteiger partial charge is 0.447 e. The Bertz CT molecular complexity index is 922. The van der Waals surface area contributed by atoms with Crippen molar-refractivity contribution in [2.75, 3.05) is 50.9 Å². The second kappa shape index (κ2) is 12.7. The van der Waals surface area contributed by atoms with Gasteiger partial charge in [-0.25, -0.2) is 9.59 Å². The predicted octanol–water partition coefficient (Wildman–Crippen LogP) is 4.81. The molecule has 1 saturated carbocycles. The number of nitrogens with one attached hydrogen (secondary N) is 2. The van der Waals surface area contributed by atoms with Crippen LogP contribution in [0.4, 0.5) is 15.3 Å². The molecule has 206 valence electrons. The molecule has 3 rings (SSSR count). The van der Waals surface area contributed by atoms with Gasteiger partial charge in [0.2, 0.25) is 0 Å². The third-order valence-electron chi connectivity index (χ3n) is 7.25. The summed E-state index contributed by atoms with van der Waals surface area (Å²) in [5.74, 6) is 0. The minimum atomic E-state index is -0.418. The normalized spacial score (nSPS) is 25.3. The van der Waals surface area contributed by atoms with E-state index in [0.29, 0.717) is 26.3 Å². The molecule has 2 fully saturated rings. The van der Waals surface area contributed by atoms with Gasteiger partial charge in [-0.1, -0.05) is 51.1 Å². The molecule has 3 amide bonds. The number of ether oxygens (including phenoxy) is 2. The van der Waals surface area contributed by atoms with E-state index < -0.39 is 6.09 Å². The maximum absolute atomic E-state index is 13.2. The minimum absolute atomic E-state index is 0.0107. The van der Waals surface area contributed by atoms with E-state index in [1.807, 2.05) is 30.0 Å². The Kier molecular flexibility index (Phi) is 9.87. The van der Waals surface area contributed by atoms with Gasteiger partial charge in [-0.15, -0.1) is 0 Å². The molecule has 3 unspecified atom stereocenters. The zero-order chi connectivity index (χ0) is 27.1. The van der Waals surface area contributed by atoms with E-state index in [-0.39, 0.29) is 35.6 Å². The molecule has 0 spiro atoms. The van der Waals surface area contributed by atoms with Gasteiger partial charge >= 0.3 is 12.1 Å². The van der Waals surface area contributed by atoms with Crippen LogP contribution in [-0.4, -0.2) is 75.1 Å². The fourth-order valence-electron chi connectivity index (χ4n) is 6.04. The van der Waals surface area contributed by atoms with E-state index in [1.54, 1.807) is 0 Å².